The van der Waals surface area contributed by atoms with E-state index in [1.807, 2.05) is 19.3 Å². The molecule has 1 heterocycles. The van der Waals surface area contributed by atoms with Crippen LogP contribution in [0.15, 0.2) is 41.6 Å². The summed E-state index contributed by atoms with van der Waals surface area (Å²) in [7, 11) is -3.29. The normalized spacial score (nSPS) is 21.5. The van der Waals surface area contributed by atoms with E-state index < -0.39 is 15.1 Å². The van der Waals surface area contributed by atoms with Gasteiger partial charge in [0, 0.05) is 23.6 Å². The predicted octanol–water partition coefficient (Wildman–Crippen LogP) is 4.17. The number of nitrogens with zero attached hydrogens (tertiary/aromatic N) is 2. The van der Waals surface area contributed by atoms with E-state index in [-0.39, 0.29) is 11.6 Å². The van der Waals surface area contributed by atoms with Crippen molar-refractivity contribution >= 4 is 27.6 Å². The van der Waals surface area contributed by atoms with Crippen LogP contribution in [-0.2, 0) is 14.6 Å². The third-order valence-corrected chi connectivity index (χ3v) is 8.46. The lowest BCUT2D eigenvalue weighted by atomic mass is 9.72. The Hall–Kier alpha value is -2.68. The van der Waals surface area contributed by atoms with Gasteiger partial charge in [-0.15, -0.1) is 0 Å². The highest BCUT2D eigenvalue weighted by molar-refractivity contribution is 7.92. The number of amides is 1. The summed E-state index contributed by atoms with van der Waals surface area (Å²) >= 11 is 0. The molecule has 2 fully saturated rings. The molecule has 2 N–H and O–H groups in total. The highest BCUT2D eigenvalue weighted by atomic mass is 32.2. The van der Waals surface area contributed by atoms with Gasteiger partial charge >= 0.3 is 6.09 Å². The van der Waals surface area contributed by atoms with Crippen LogP contribution in [0.3, 0.4) is 0 Å². The number of benzene rings is 1. The summed E-state index contributed by atoms with van der Waals surface area (Å²) in [6, 6.07) is 6.60. The maximum Gasteiger partial charge on any atom is 0.407 e. The Labute approximate surface area is 189 Å². The number of rotatable bonds is 8. The molecule has 0 spiro atoms. The number of carbonyl (C=O) groups excluding carboxylic acids is 1. The number of nitrogens with one attached hydrogen (secondary N) is 2. The molecule has 1 aromatic heterocycles. The maximum absolute atomic E-state index is 12.2. The number of hydrogen-bond donors (Lipinski definition) is 2. The maximum atomic E-state index is 12.2. The molecule has 0 atom stereocenters. The fraction of sp³-hybridized carbons (Fsp3) is 0.522. The van der Waals surface area contributed by atoms with Crippen LogP contribution in [-0.4, -0.2) is 41.9 Å². The van der Waals surface area contributed by atoms with Gasteiger partial charge in [-0.2, -0.15) is 0 Å². The first kappa shape index (κ1) is 22.5. The molecule has 2 aromatic rings. The summed E-state index contributed by atoms with van der Waals surface area (Å²) in [5.74, 6) is 1.20. The van der Waals surface area contributed by atoms with E-state index in [4.69, 9.17) is 4.74 Å². The van der Waals surface area contributed by atoms with Crippen molar-refractivity contribution in [3.63, 3.8) is 0 Å². The van der Waals surface area contributed by atoms with Crippen LogP contribution in [0.5, 0.6) is 0 Å². The van der Waals surface area contributed by atoms with Crippen molar-refractivity contribution in [2.24, 2.45) is 5.92 Å². The van der Waals surface area contributed by atoms with Crippen LogP contribution in [0.2, 0.25) is 0 Å². The molecule has 2 aliphatic carbocycles. The molecule has 0 unspecified atom stereocenters. The predicted molar refractivity (Wildman–Crippen MR) is 122 cm³/mol. The zero-order valence-electron chi connectivity index (χ0n) is 18.7. The van der Waals surface area contributed by atoms with Crippen LogP contribution in [0.25, 0.3) is 0 Å². The van der Waals surface area contributed by atoms with Crippen LogP contribution in [0, 0.1) is 5.92 Å². The van der Waals surface area contributed by atoms with Gasteiger partial charge < -0.3 is 15.4 Å². The lowest BCUT2D eigenvalue weighted by Crippen LogP contribution is -2.36. The van der Waals surface area contributed by atoms with Gasteiger partial charge in [0.1, 0.15) is 0 Å². The van der Waals surface area contributed by atoms with Gasteiger partial charge in [-0.05, 0) is 88.1 Å². The molecule has 32 heavy (non-hydrogen) atoms. The first-order chi connectivity index (χ1) is 15.1. The second kappa shape index (κ2) is 8.69. The summed E-state index contributed by atoms with van der Waals surface area (Å²) in [4.78, 5) is 20.9. The highest BCUT2D eigenvalue weighted by Crippen LogP contribution is 2.41. The number of ether oxygens (including phenoxy) is 1. The van der Waals surface area contributed by atoms with E-state index >= 15 is 0 Å². The molecule has 8 nitrogen and oxygen atoms in total. The van der Waals surface area contributed by atoms with E-state index in [1.54, 1.807) is 38.1 Å². The minimum absolute atomic E-state index is 0.0554. The molecular formula is C23H30N4O4S. The average Bonchev–Trinajstić information content (AvgIpc) is 3.44. The Morgan fingerprint density at radius 2 is 1.78 bits per heavy atom. The van der Waals surface area contributed by atoms with Crippen molar-refractivity contribution in [3.05, 3.63) is 42.2 Å². The topological polar surface area (TPSA) is 110 Å². The van der Waals surface area contributed by atoms with Crippen molar-refractivity contribution in [3.8, 4) is 0 Å². The molecule has 9 heteroatoms. The minimum atomic E-state index is -3.29. The largest absolute Gasteiger partial charge is 0.449 e. The Morgan fingerprint density at radius 3 is 2.34 bits per heavy atom. The molecule has 0 aliphatic heterocycles. The van der Waals surface area contributed by atoms with Crippen molar-refractivity contribution < 1.29 is 17.9 Å². The summed E-state index contributed by atoms with van der Waals surface area (Å²) in [5.41, 5.74) is 1.74. The summed E-state index contributed by atoms with van der Waals surface area (Å²) in [5, 5.41) is 5.54. The van der Waals surface area contributed by atoms with Crippen molar-refractivity contribution in [1.29, 1.82) is 0 Å². The fourth-order valence-electron chi connectivity index (χ4n) is 3.68. The average molecular weight is 459 g/mol. The molecule has 2 saturated carbocycles. The van der Waals surface area contributed by atoms with Gasteiger partial charge in [0.2, 0.25) is 5.95 Å². The molecule has 2 aliphatic rings. The van der Waals surface area contributed by atoms with Crippen molar-refractivity contribution in [2.45, 2.75) is 68.1 Å². The van der Waals surface area contributed by atoms with E-state index in [0.717, 1.165) is 36.9 Å². The molecule has 0 bridgehead atoms. The molecule has 1 amide bonds. The second-order valence-electron chi connectivity index (χ2n) is 9.40. The quantitative estimate of drug-likeness (QED) is 0.611. The number of aromatic nitrogens is 2. The first-order valence-electron chi connectivity index (χ1n) is 11.0. The third-order valence-electron chi connectivity index (χ3n) is 6.29. The van der Waals surface area contributed by atoms with E-state index in [2.05, 4.69) is 20.6 Å². The van der Waals surface area contributed by atoms with E-state index in [1.165, 1.54) is 0 Å². The van der Waals surface area contributed by atoms with Gasteiger partial charge in [-0.25, -0.2) is 23.2 Å². The van der Waals surface area contributed by atoms with Gasteiger partial charge in [0.25, 0.3) is 0 Å². The third kappa shape index (κ3) is 5.20. The molecule has 1 aromatic carbocycles. The molecule has 172 valence electrons. The lowest BCUT2D eigenvalue weighted by molar-refractivity contribution is 0.0918. The standard InChI is InChI=1S/C23H30N4O4S/c1-15(2)32(29,30)20-6-4-19(5-7-20)26-21-24-12-18(13-25-21)17-10-16(11-17)14-31-22(28)27-23(3)8-9-23/h4-7,12-13,15-17H,8-11,14H2,1-3H3,(H,27,28)(H,24,25,26). The fourth-order valence-corrected chi connectivity index (χ4v) is 4.73. The van der Waals surface area contributed by atoms with E-state index in [0.29, 0.717) is 29.3 Å². The van der Waals surface area contributed by atoms with Gasteiger partial charge in [-0.3, -0.25) is 0 Å². The minimum Gasteiger partial charge on any atom is -0.449 e. The van der Waals surface area contributed by atoms with Crippen LogP contribution in [0.1, 0.15) is 57.9 Å². The number of sulfone groups is 1. The first-order valence-corrected chi connectivity index (χ1v) is 12.6. The smallest absolute Gasteiger partial charge is 0.407 e. The van der Waals surface area contributed by atoms with Crippen LogP contribution < -0.4 is 10.6 Å². The van der Waals surface area contributed by atoms with E-state index in [9.17, 15) is 13.2 Å². The zero-order valence-corrected chi connectivity index (χ0v) is 19.5. The number of alkyl carbamates (subject to hydrolysis) is 1. The summed E-state index contributed by atoms with van der Waals surface area (Å²) in [6.07, 6.45) is 7.25. The Morgan fingerprint density at radius 1 is 1.16 bits per heavy atom. The van der Waals surface area contributed by atoms with Crippen LogP contribution >= 0.6 is 0 Å². The zero-order chi connectivity index (χ0) is 22.9. The number of anilines is 2. The molecule has 4 rings (SSSR count). The number of carbonyl (C=O) groups is 1. The van der Waals surface area contributed by atoms with Gasteiger partial charge in [0.15, 0.2) is 9.84 Å². The monoisotopic (exact) mass is 458 g/mol. The number of hydrogen-bond acceptors (Lipinski definition) is 7. The van der Waals surface area contributed by atoms with Crippen LogP contribution in [0.4, 0.5) is 16.4 Å². The van der Waals surface area contributed by atoms with Gasteiger partial charge in [-0.1, -0.05) is 0 Å². The lowest BCUT2D eigenvalue weighted by Gasteiger charge is -2.34. The van der Waals surface area contributed by atoms with Crippen molar-refractivity contribution in [1.82, 2.24) is 15.3 Å². The molecule has 0 saturated heterocycles. The SMILES string of the molecule is CC(C)S(=O)(=O)c1ccc(Nc2ncc(C3CC(COC(=O)NC4(C)CC4)C3)cn2)cc1. The Kier molecular flexibility index (Phi) is 6.11. The molecular weight excluding hydrogens is 428 g/mol. The summed E-state index contributed by atoms with van der Waals surface area (Å²) < 4.78 is 29.8. The Balaban J connectivity index is 1.24. The molecule has 0 radical (unpaired) electrons. The summed E-state index contributed by atoms with van der Waals surface area (Å²) in [6.45, 7) is 5.81. The van der Waals surface area contributed by atoms with Crippen molar-refractivity contribution in [2.75, 3.05) is 11.9 Å². The Bertz CT molecular complexity index is 1060. The second-order valence-corrected chi connectivity index (χ2v) is 11.9. The highest BCUT2D eigenvalue weighted by Gasteiger charge is 2.39. The van der Waals surface area contributed by atoms with Gasteiger partial charge in [0.05, 0.1) is 16.8 Å².